The smallest absolute Gasteiger partial charge is 0.407 e. The van der Waals surface area contributed by atoms with Crippen molar-refractivity contribution in [3.63, 3.8) is 0 Å². The molecule has 4 N–H and O–H groups in total. The normalized spacial score (nSPS) is 22.9. The lowest BCUT2D eigenvalue weighted by Gasteiger charge is -2.40. The summed E-state index contributed by atoms with van der Waals surface area (Å²) in [5.41, 5.74) is 13.8. The molecule has 4 atom stereocenters. The Balaban J connectivity index is 0.924. The van der Waals surface area contributed by atoms with Gasteiger partial charge in [0.15, 0.2) is 0 Å². The molecule has 2 bridgehead atoms. The largest absolute Gasteiger partial charge is 0.453 e. The van der Waals surface area contributed by atoms with Crippen LogP contribution in [0.25, 0.3) is 44.8 Å². The first-order chi connectivity index (χ1) is 34.3. The summed E-state index contributed by atoms with van der Waals surface area (Å²) in [6.45, 7) is 8.91. The molecule has 5 aromatic rings. The number of H-pyrrole nitrogens is 2. The van der Waals surface area contributed by atoms with Gasteiger partial charge in [0.25, 0.3) is 0 Å². The number of imidazole rings is 2. The van der Waals surface area contributed by atoms with E-state index in [1.54, 1.807) is 0 Å². The van der Waals surface area contributed by atoms with Gasteiger partial charge < -0.3 is 39.9 Å². The number of hydrogen-bond acceptors (Lipinski definition) is 10. The van der Waals surface area contributed by atoms with Crippen LogP contribution in [0.3, 0.4) is 0 Å². The van der Waals surface area contributed by atoms with Crippen LogP contribution < -0.4 is 10.6 Å². The Bertz CT molecular complexity index is 2890. The highest BCUT2D eigenvalue weighted by atomic mass is 16.5. The molecule has 1 spiro atoms. The third-order valence-electron chi connectivity index (χ3n) is 17.2. The molecule has 7 aliphatic rings. The molecule has 4 fully saturated rings. The lowest BCUT2D eigenvalue weighted by atomic mass is 9.65. The van der Waals surface area contributed by atoms with Crippen molar-refractivity contribution < 1.29 is 28.7 Å². The molecular weight excluding hydrogens is 897 g/mol. The number of alkyl carbamates (subject to hydrolysis) is 2. The fourth-order valence-electron chi connectivity index (χ4n) is 13.6. The number of amides is 4. The summed E-state index contributed by atoms with van der Waals surface area (Å²) < 4.78 is 9.71. The molecule has 3 aromatic heterocycles. The summed E-state index contributed by atoms with van der Waals surface area (Å²) in [5.74, 6) is 1.86. The average molecular weight is 965 g/mol. The van der Waals surface area contributed by atoms with Crippen molar-refractivity contribution in [3.05, 3.63) is 70.4 Å². The van der Waals surface area contributed by atoms with Crippen molar-refractivity contribution in [1.29, 1.82) is 0 Å². The monoisotopic (exact) mass is 965 g/mol. The second-order valence-corrected chi connectivity index (χ2v) is 22.1. The van der Waals surface area contributed by atoms with Crippen molar-refractivity contribution in [2.45, 2.75) is 154 Å². The maximum absolute atomic E-state index is 14.0. The Morgan fingerprint density at radius 3 is 1.82 bits per heavy atom. The number of nitrogens with zero attached hydrogens (tertiary/aromatic N) is 6. The van der Waals surface area contributed by atoms with Gasteiger partial charge in [-0.15, -0.1) is 10.2 Å². The van der Waals surface area contributed by atoms with Crippen LogP contribution in [0.2, 0.25) is 0 Å². The number of hydrogen-bond donors (Lipinski definition) is 4. The fraction of sp³-hybridized carbons (Fsp3) is 0.564. The number of carbonyl (C=O) groups is 4. The average Bonchev–Trinajstić information content (AvgIpc) is 4.26. The molecule has 0 unspecified atom stereocenters. The molecule has 5 aliphatic carbocycles. The number of aromatic nitrogens is 6. The topological polar surface area (TPSA) is 200 Å². The third-order valence-corrected chi connectivity index (χ3v) is 17.2. The van der Waals surface area contributed by atoms with Crippen molar-refractivity contribution in [3.8, 4) is 33.8 Å². The minimum atomic E-state index is -0.703. The maximum Gasteiger partial charge on any atom is 0.407 e. The van der Waals surface area contributed by atoms with E-state index in [2.05, 4.69) is 50.9 Å². The summed E-state index contributed by atoms with van der Waals surface area (Å²) in [6, 6.07) is 9.08. The van der Waals surface area contributed by atoms with E-state index in [0.29, 0.717) is 24.9 Å². The Morgan fingerprint density at radius 2 is 1.23 bits per heavy atom. The highest BCUT2D eigenvalue weighted by Gasteiger charge is 2.45. The van der Waals surface area contributed by atoms with Gasteiger partial charge in [-0.25, -0.2) is 19.6 Å². The Labute approximate surface area is 415 Å². The van der Waals surface area contributed by atoms with Crippen LogP contribution in [0.15, 0.2) is 36.5 Å². The molecule has 5 heterocycles. The summed E-state index contributed by atoms with van der Waals surface area (Å²) in [5, 5.41) is 16.0. The van der Waals surface area contributed by atoms with Crippen LogP contribution in [0.4, 0.5) is 9.59 Å². The minimum absolute atomic E-state index is 0.112. The van der Waals surface area contributed by atoms with Crippen molar-refractivity contribution in [2.75, 3.05) is 27.3 Å². The van der Waals surface area contributed by atoms with E-state index in [1.807, 2.05) is 43.7 Å². The number of nitrogens with one attached hydrogen (secondary N) is 4. The number of aromatic amines is 2. The molecule has 2 saturated carbocycles. The summed E-state index contributed by atoms with van der Waals surface area (Å²) >= 11 is 0. The maximum atomic E-state index is 14.0. The minimum Gasteiger partial charge on any atom is -0.453 e. The van der Waals surface area contributed by atoms with Crippen LogP contribution in [0.5, 0.6) is 0 Å². The highest BCUT2D eigenvalue weighted by Crippen LogP contribution is 2.57. The molecule has 2 aromatic carbocycles. The molecule has 374 valence electrons. The molecule has 71 heavy (non-hydrogen) atoms. The van der Waals surface area contributed by atoms with Gasteiger partial charge in [0, 0.05) is 29.8 Å². The number of benzene rings is 2. The molecule has 16 heteroatoms. The van der Waals surface area contributed by atoms with Gasteiger partial charge >= 0.3 is 12.2 Å². The second kappa shape index (κ2) is 18.7. The number of fused-ring (bicyclic) bond motifs is 4. The van der Waals surface area contributed by atoms with Crippen LogP contribution in [-0.2, 0) is 31.9 Å². The Morgan fingerprint density at radius 1 is 0.676 bits per heavy atom. The number of likely N-dealkylation sites (tertiary alicyclic amines) is 2. The van der Waals surface area contributed by atoms with Crippen molar-refractivity contribution >= 4 is 35.0 Å². The number of carbonyl (C=O) groups excluding carboxylic acids is 4. The summed E-state index contributed by atoms with van der Waals surface area (Å²) in [4.78, 5) is 73.4. The van der Waals surface area contributed by atoms with E-state index in [9.17, 15) is 19.2 Å². The van der Waals surface area contributed by atoms with Gasteiger partial charge in [-0.05, 0) is 141 Å². The van der Waals surface area contributed by atoms with Crippen molar-refractivity contribution in [2.24, 2.45) is 17.3 Å². The molecule has 16 nitrogen and oxygen atoms in total. The fourth-order valence-corrected chi connectivity index (χ4v) is 13.6. The number of ether oxygens (including phenoxy) is 2. The molecule has 4 amide bonds. The summed E-state index contributed by atoms with van der Waals surface area (Å²) in [6.07, 6.45) is 15.6. The van der Waals surface area contributed by atoms with Crippen LogP contribution in [-0.4, -0.2) is 103 Å². The molecular formula is C55H68N10O6. The van der Waals surface area contributed by atoms with E-state index in [1.165, 1.54) is 73.3 Å². The SMILES string of the molecule is COC(=O)N[C@H](C(=O)N1CCC[C@@H]1c1ncc(-c2ccc(-c3nnc(-c4ccc5nc([C@@H]6CCCN6C(=O)[C@H](NC(=O)OC)C(C)C)[nH]c5c4)c4c3C3CCC4CC3)c3c2CC2(CCCC2)C3)[nH]1)C(C)C. The second-order valence-electron chi connectivity index (χ2n) is 22.1. The lowest BCUT2D eigenvalue weighted by Crippen LogP contribution is -2.51. The van der Waals surface area contributed by atoms with Gasteiger partial charge in [0.05, 0.1) is 60.6 Å². The number of methoxy groups -OCH3 is 2. The van der Waals surface area contributed by atoms with E-state index >= 15 is 0 Å². The zero-order valence-electron chi connectivity index (χ0n) is 42.0. The molecule has 2 aliphatic heterocycles. The Kier molecular flexibility index (Phi) is 12.4. The third kappa shape index (κ3) is 8.32. The van der Waals surface area contributed by atoms with E-state index in [0.717, 1.165) is 110 Å². The van der Waals surface area contributed by atoms with Gasteiger partial charge in [0.1, 0.15) is 23.7 Å². The Hall–Kier alpha value is -6.32. The van der Waals surface area contributed by atoms with Gasteiger partial charge in [-0.2, -0.15) is 0 Å². The first kappa shape index (κ1) is 47.0. The first-order valence-electron chi connectivity index (χ1n) is 26.3. The predicted molar refractivity (Wildman–Crippen MR) is 268 cm³/mol. The van der Waals surface area contributed by atoms with Gasteiger partial charge in [0.2, 0.25) is 11.8 Å². The highest BCUT2D eigenvalue weighted by molar-refractivity contribution is 5.88. The van der Waals surface area contributed by atoms with Crippen LogP contribution in [0.1, 0.15) is 163 Å². The predicted octanol–water partition coefficient (Wildman–Crippen LogP) is 9.58. The van der Waals surface area contributed by atoms with Gasteiger partial charge in [-0.1, -0.05) is 58.7 Å². The quantitative estimate of drug-likeness (QED) is 0.0988. The standard InChI is InChI=1S/C55H68N10O6/c1-29(2)45(60-53(68)70-5)51(66)64-23-9-11-41(64)49-56-28-40(59-49)34-18-19-35(37-27-55(26-36(34)37)21-7-8-22-55)48-44-32-15-13-31(14-16-32)43(44)47(62-63-48)33-17-20-38-39(25-33)58-50(57-38)42-12-10-24-65(42)52(67)46(30(3)4)61-54(69)71-6/h17-20,25,28-32,41-42,45-46H,7-16,21-24,26-27H2,1-6H3,(H,56,59)(H,57,58)(H,60,68)(H,61,69)/t31?,32?,41-,42+,45+,46-/m1/s1. The van der Waals surface area contributed by atoms with Crippen LogP contribution >= 0.6 is 0 Å². The van der Waals surface area contributed by atoms with E-state index in [-0.39, 0.29) is 41.1 Å². The zero-order chi connectivity index (χ0) is 49.3. The van der Waals surface area contributed by atoms with Gasteiger partial charge in [-0.3, -0.25) is 9.59 Å². The van der Waals surface area contributed by atoms with Crippen LogP contribution in [0, 0.1) is 17.3 Å². The molecule has 12 rings (SSSR count). The zero-order valence-corrected chi connectivity index (χ0v) is 42.0. The van der Waals surface area contributed by atoms with E-state index in [4.69, 9.17) is 29.6 Å². The molecule has 0 radical (unpaired) electrons. The number of rotatable bonds is 11. The lowest BCUT2D eigenvalue weighted by molar-refractivity contribution is -0.136. The van der Waals surface area contributed by atoms with E-state index < -0.39 is 24.3 Å². The van der Waals surface area contributed by atoms with Crippen molar-refractivity contribution in [1.82, 2.24) is 50.6 Å². The summed E-state index contributed by atoms with van der Waals surface area (Å²) in [7, 11) is 2.62. The molecule has 2 saturated heterocycles. The first-order valence-corrected chi connectivity index (χ1v) is 26.3.